The molecule has 1 aromatic rings. The Balaban J connectivity index is 1.63. The molecule has 24 heavy (non-hydrogen) atoms. The third-order valence-electron chi connectivity index (χ3n) is 3.77. The first-order valence-electron chi connectivity index (χ1n) is 7.43. The standard InChI is InChI=1S/C15H17N3O5S/c1-21-13(24)16-8-12-9-18(15(20)23-12)11-4-2-10(3-5-11)17-6-7-22-14(17)19/h2-5,12H,6-9H2,1H3,(H,16,24)/t12-/m0/s1. The zero-order valence-corrected chi connectivity index (χ0v) is 13.9. The van der Waals surface area contributed by atoms with Crippen molar-refractivity contribution in [3.05, 3.63) is 24.3 Å². The molecule has 128 valence electrons. The number of carbonyl (C=O) groups excluding carboxylic acids is 2. The van der Waals surface area contributed by atoms with Gasteiger partial charge in [0.15, 0.2) is 0 Å². The monoisotopic (exact) mass is 351 g/mol. The van der Waals surface area contributed by atoms with Gasteiger partial charge in [-0.2, -0.15) is 0 Å². The van der Waals surface area contributed by atoms with E-state index in [-0.39, 0.29) is 17.4 Å². The van der Waals surface area contributed by atoms with Gasteiger partial charge in [-0.25, -0.2) is 9.59 Å². The molecule has 0 radical (unpaired) electrons. The summed E-state index contributed by atoms with van der Waals surface area (Å²) in [6.45, 7) is 1.70. The van der Waals surface area contributed by atoms with Gasteiger partial charge in [-0.3, -0.25) is 9.80 Å². The molecule has 8 nitrogen and oxygen atoms in total. The molecular weight excluding hydrogens is 334 g/mol. The van der Waals surface area contributed by atoms with Crippen LogP contribution in [0.4, 0.5) is 21.0 Å². The molecule has 0 aliphatic carbocycles. The van der Waals surface area contributed by atoms with Crippen LogP contribution in [0.25, 0.3) is 0 Å². The van der Waals surface area contributed by atoms with Crippen molar-refractivity contribution in [2.75, 3.05) is 43.2 Å². The molecule has 1 N–H and O–H groups in total. The van der Waals surface area contributed by atoms with E-state index in [1.54, 1.807) is 29.2 Å². The maximum atomic E-state index is 12.0. The number of carbonyl (C=O) groups is 2. The van der Waals surface area contributed by atoms with Gasteiger partial charge in [0.2, 0.25) is 0 Å². The van der Waals surface area contributed by atoms with Crippen molar-refractivity contribution in [3.8, 4) is 0 Å². The smallest absolute Gasteiger partial charge is 0.414 e. The number of hydrogen-bond acceptors (Lipinski definition) is 6. The third kappa shape index (κ3) is 3.35. The van der Waals surface area contributed by atoms with Crippen LogP contribution in [-0.4, -0.2) is 56.8 Å². The molecule has 0 bridgehead atoms. The lowest BCUT2D eigenvalue weighted by atomic mass is 10.2. The van der Waals surface area contributed by atoms with Gasteiger partial charge < -0.3 is 19.5 Å². The molecule has 2 fully saturated rings. The molecule has 3 rings (SSSR count). The first kappa shape index (κ1) is 16.3. The van der Waals surface area contributed by atoms with E-state index in [4.69, 9.17) is 26.4 Å². The van der Waals surface area contributed by atoms with Crippen LogP contribution in [-0.2, 0) is 14.2 Å². The van der Waals surface area contributed by atoms with E-state index in [9.17, 15) is 9.59 Å². The minimum Gasteiger partial charge on any atom is -0.474 e. The highest BCUT2D eigenvalue weighted by Gasteiger charge is 2.32. The van der Waals surface area contributed by atoms with Crippen molar-refractivity contribution < 1.29 is 23.8 Å². The summed E-state index contributed by atoms with van der Waals surface area (Å²) in [5.74, 6) is 0. The highest BCUT2D eigenvalue weighted by atomic mass is 32.1. The largest absolute Gasteiger partial charge is 0.474 e. The van der Waals surface area contributed by atoms with Gasteiger partial charge in [0.05, 0.1) is 26.7 Å². The Morgan fingerprint density at radius 3 is 2.50 bits per heavy atom. The number of benzene rings is 1. The Labute approximate surface area is 144 Å². The van der Waals surface area contributed by atoms with E-state index < -0.39 is 6.09 Å². The van der Waals surface area contributed by atoms with Gasteiger partial charge in [-0.05, 0) is 36.5 Å². The number of cyclic esters (lactones) is 2. The molecule has 2 aliphatic rings. The number of ether oxygens (including phenoxy) is 3. The number of methoxy groups -OCH3 is 1. The predicted molar refractivity (Wildman–Crippen MR) is 90.4 cm³/mol. The number of rotatable bonds is 4. The lowest BCUT2D eigenvalue weighted by Crippen LogP contribution is -2.34. The normalized spacial score (nSPS) is 20.0. The molecule has 2 aliphatic heterocycles. The van der Waals surface area contributed by atoms with Crippen LogP contribution in [0.2, 0.25) is 0 Å². The van der Waals surface area contributed by atoms with Crippen LogP contribution in [0.5, 0.6) is 0 Å². The topological polar surface area (TPSA) is 80.3 Å². The van der Waals surface area contributed by atoms with Crippen molar-refractivity contribution in [3.63, 3.8) is 0 Å². The van der Waals surface area contributed by atoms with E-state index in [2.05, 4.69) is 5.32 Å². The Hall–Kier alpha value is -2.55. The van der Waals surface area contributed by atoms with Gasteiger partial charge in [0, 0.05) is 11.4 Å². The van der Waals surface area contributed by atoms with Crippen LogP contribution < -0.4 is 15.1 Å². The molecule has 9 heteroatoms. The Kier molecular flexibility index (Phi) is 4.70. The van der Waals surface area contributed by atoms with Gasteiger partial charge >= 0.3 is 12.2 Å². The van der Waals surface area contributed by atoms with Crippen LogP contribution >= 0.6 is 12.2 Å². The molecular formula is C15H17N3O5S. The fraction of sp³-hybridized carbons (Fsp3) is 0.400. The SMILES string of the molecule is COC(=S)NC[C@H]1CN(c2ccc(N3CCOC3=O)cc2)C(=O)O1. The Morgan fingerprint density at radius 1 is 1.25 bits per heavy atom. The van der Waals surface area contributed by atoms with E-state index >= 15 is 0 Å². The van der Waals surface area contributed by atoms with E-state index in [1.165, 1.54) is 12.0 Å². The summed E-state index contributed by atoms with van der Waals surface area (Å²) in [5.41, 5.74) is 1.44. The summed E-state index contributed by atoms with van der Waals surface area (Å²) in [7, 11) is 1.47. The highest BCUT2D eigenvalue weighted by molar-refractivity contribution is 7.80. The van der Waals surface area contributed by atoms with E-state index in [0.29, 0.717) is 31.9 Å². The van der Waals surface area contributed by atoms with Crippen molar-refractivity contribution in [2.45, 2.75) is 6.10 Å². The van der Waals surface area contributed by atoms with Crippen LogP contribution in [0, 0.1) is 0 Å². The summed E-state index contributed by atoms with van der Waals surface area (Å²) in [6, 6.07) is 7.11. The zero-order chi connectivity index (χ0) is 17.1. The van der Waals surface area contributed by atoms with Gasteiger partial charge in [-0.1, -0.05) is 0 Å². The average Bonchev–Trinajstić information content (AvgIpc) is 3.18. The van der Waals surface area contributed by atoms with Gasteiger partial charge in [0.1, 0.15) is 12.7 Å². The Bertz CT molecular complexity index is 651. The molecule has 0 aromatic heterocycles. The van der Waals surface area contributed by atoms with Crippen LogP contribution in [0.1, 0.15) is 0 Å². The van der Waals surface area contributed by atoms with Crippen molar-refractivity contribution in [1.82, 2.24) is 5.32 Å². The second kappa shape index (κ2) is 6.91. The number of nitrogens with one attached hydrogen (secondary N) is 1. The van der Waals surface area contributed by atoms with Crippen molar-refractivity contribution in [2.24, 2.45) is 0 Å². The number of hydrogen-bond donors (Lipinski definition) is 1. The van der Waals surface area contributed by atoms with Gasteiger partial charge in [-0.15, -0.1) is 0 Å². The molecule has 2 saturated heterocycles. The summed E-state index contributed by atoms with van der Waals surface area (Å²) in [5, 5.41) is 3.12. The first-order valence-corrected chi connectivity index (χ1v) is 7.83. The summed E-state index contributed by atoms with van der Waals surface area (Å²) in [6.07, 6.45) is -1.10. The van der Waals surface area contributed by atoms with Gasteiger partial charge in [0.25, 0.3) is 5.17 Å². The minimum atomic E-state index is -0.418. The highest BCUT2D eigenvalue weighted by Crippen LogP contribution is 2.26. The minimum absolute atomic E-state index is 0.256. The van der Waals surface area contributed by atoms with Crippen molar-refractivity contribution >= 4 is 41.0 Å². The molecule has 0 unspecified atom stereocenters. The maximum absolute atomic E-state index is 12.0. The molecule has 0 saturated carbocycles. The summed E-state index contributed by atoms with van der Waals surface area (Å²) in [4.78, 5) is 26.7. The van der Waals surface area contributed by atoms with Crippen LogP contribution in [0.15, 0.2) is 24.3 Å². The molecule has 1 atom stereocenters. The summed E-state index contributed by atoms with van der Waals surface area (Å²) >= 11 is 4.89. The van der Waals surface area contributed by atoms with E-state index in [0.717, 1.165) is 5.69 Å². The lowest BCUT2D eigenvalue weighted by molar-refractivity contribution is 0.142. The third-order valence-corrected chi connectivity index (χ3v) is 4.08. The maximum Gasteiger partial charge on any atom is 0.414 e. The lowest BCUT2D eigenvalue weighted by Gasteiger charge is -2.16. The number of amides is 2. The average molecular weight is 351 g/mol. The van der Waals surface area contributed by atoms with Crippen LogP contribution in [0.3, 0.4) is 0 Å². The molecule has 2 heterocycles. The zero-order valence-electron chi connectivity index (χ0n) is 13.1. The number of thiocarbonyl (C=S) groups is 1. The second-order valence-corrected chi connectivity index (χ2v) is 5.64. The number of nitrogens with zero attached hydrogens (tertiary/aromatic N) is 2. The quantitative estimate of drug-likeness (QED) is 0.823. The molecule has 2 amide bonds. The Morgan fingerprint density at radius 2 is 1.92 bits per heavy atom. The molecule has 1 aromatic carbocycles. The van der Waals surface area contributed by atoms with E-state index in [1.807, 2.05) is 0 Å². The predicted octanol–water partition coefficient (Wildman–Crippen LogP) is 1.49. The van der Waals surface area contributed by atoms with Crippen molar-refractivity contribution in [1.29, 1.82) is 0 Å². The second-order valence-electron chi connectivity index (χ2n) is 5.27. The summed E-state index contributed by atoms with van der Waals surface area (Å²) < 4.78 is 15.0. The fourth-order valence-electron chi connectivity index (χ4n) is 2.55. The number of anilines is 2. The first-order chi connectivity index (χ1) is 11.6. The fourth-order valence-corrected chi connectivity index (χ4v) is 2.63. The molecule has 0 spiro atoms.